The van der Waals surface area contributed by atoms with Crippen LogP contribution in [0.2, 0.25) is 0 Å². The Kier molecular flexibility index (Phi) is 3.06. The van der Waals surface area contributed by atoms with Crippen LogP contribution in [0.15, 0.2) is 29.8 Å². The summed E-state index contributed by atoms with van der Waals surface area (Å²) in [5.74, 6) is 0.0652. The first kappa shape index (κ1) is 11.3. The molecule has 0 spiro atoms. The zero-order valence-electron chi connectivity index (χ0n) is 9.80. The Hall–Kier alpha value is -1.75. The fourth-order valence-corrected chi connectivity index (χ4v) is 2.46. The van der Waals surface area contributed by atoms with E-state index >= 15 is 0 Å². The standard InChI is InChI=1S/C13H13N3OS/c17-12(15-9-4-5-9)7-10-8-18-13(16-10)11-3-1-2-6-14-11/h1-3,6,8-9H,4-5,7H2,(H,15,17). The molecule has 1 N–H and O–H groups in total. The lowest BCUT2D eigenvalue weighted by molar-refractivity contribution is -0.120. The first-order chi connectivity index (χ1) is 8.81. The van der Waals surface area contributed by atoms with Gasteiger partial charge in [-0.15, -0.1) is 11.3 Å². The number of rotatable bonds is 4. The average Bonchev–Trinajstić information content (AvgIpc) is 3.06. The van der Waals surface area contributed by atoms with Gasteiger partial charge in [-0.25, -0.2) is 4.98 Å². The van der Waals surface area contributed by atoms with Gasteiger partial charge >= 0.3 is 0 Å². The molecular weight excluding hydrogens is 246 g/mol. The highest BCUT2D eigenvalue weighted by atomic mass is 32.1. The SMILES string of the molecule is O=C(Cc1csc(-c2ccccn2)n1)NC1CC1. The summed E-state index contributed by atoms with van der Waals surface area (Å²) < 4.78 is 0. The van der Waals surface area contributed by atoms with Crippen molar-refractivity contribution in [2.45, 2.75) is 25.3 Å². The van der Waals surface area contributed by atoms with Crippen LogP contribution in [0.5, 0.6) is 0 Å². The first-order valence-corrected chi connectivity index (χ1v) is 6.84. The second-order valence-electron chi connectivity index (χ2n) is 4.38. The Morgan fingerprint density at radius 3 is 3.06 bits per heavy atom. The maximum absolute atomic E-state index is 11.6. The number of nitrogens with zero attached hydrogens (tertiary/aromatic N) is 2. The van der Waals surface area contributed by atoms with Crippen LogP contribution in [0.3, 0.4) is 0 Å². The van der Waals surface area contributed by atoms with Gasteiger partial charge in [-0.1, -0.05) is 6.07 Å². The van der Waals surface area contributed by atoms with Crippen LogP contribution in [0, 0.1) is 0 Å². The van der Waals surface area contributed by atoms with Crippen LogP contribution in [0.4, 0.5) is 0 Å². The number of carbonyl (C=O) groups excluding carboxylic acids is 1. The molecule has 18 heavy (non-hydrogen) atoms. The summed E-state index contributed by atoms with van der Waals surface area (Å²) in [7, 11) is 0. The van der Waals surface area contributed by atoms with Crippen molar-refractivity contribution in [1.29, 1.82) is 0 Å². The lowest BCUT2D eigenvalue weighted by Crippen LogP contribution is -2.27. The highest BCUT2D eigenvalue weighted by Gasteiger charge is 2.23. The molecule has 0 saturated heterocycles. The van der Waals surface area contributed by atoms with Gasteiger partial charge in [-0.3, -0.25) is 9.78 Å². The van der Waals surface area contributed by atoms with E-state index in [1.165, 1.54) is 11.3 Å². The molecule has 5 heteroatoms. The minimum atomic E-state index is 0.0652. The van der Waals surface area contributed by atoms with E-state index in [1.54, 1.807) is 6.20 Å². The molecule has 0 atom stereocenters. The fourth-order valence-electron chi connectivity index (χ4n) is 1.67. The Bertz CT molecular complexity index is 548. The summed E-state index contributed by atoms with van der Waals surface area (Å²) in [4.78, 5) is 20.3. The maximum atomic E-state index is 11.6. The number of pyridine rings is 1. The molecule has 4 nitrogen and oxygen atoms in total. The largest absolute Gasteiger partial charge is 0.353 e. The van der Waals surface area contributed by atoms with Gasteiger partial charge in [0.2, 0.25) is 5.91 Å². The van der Waals surface area contributed by atoms with Crippen LogP contribution in [-0.2, 0) is 11.2 Å². The highest BCUT2D eigenvalue weighted by Crippen LogP contribution is 2.22. The van der Waals surface area contributed by atoms with E-state index in [0.29, 0.717) is 12.5 Å². The molecule has 2 aromatic rings. The summed E-state index contributed by atoms with van der Waals surface area (Å²) in [6.07, 6.45) is 4.33. The quantitative estimate of drug-likeness (QED) is 0.914. The number of nitrogens with one attached hydrogen (secondary N) is 1. The zero-order chi connectivity index (χ0) is 12.4. The Balaban J connectivity index is 1.67. The number of carbonyl (C=O) groups is 1. The van der Waals surface area contributed by atoms with Crippen molar-refractivity contribution < 1.29 is 4.79 Å². The third-order valence-corrected chi connectivity index (χ3v) is 3.63. The van der Waals surface area contributed by atoms with Gasteiger partial charge < -0.3 is 5.32 Å². The van der Waals surface area contributed by atoms with Crippen LogP contribution in [0.25, 0.3) is 10.7 Å². The molecular formula is C13H13N3OS. The van der Waals surface area contributed by atoms with E-state index in [0.717, 1.165) is 29.2 Å². The van der Waals surface area contributed by atoms with Gasteiger partial charge in [0.15, 0.2) is 0 Å². The molecule has 1 saturated carbocycles. The highest BCUT2D eigenvalue weighted by molar-refractivity contribution is 7.13. The predicted octanol–water partition coefficient (Wildman–Crippen LogP) is 2.03. The molecule has 3 rings (SSSR count). The predicted molar refractivity (Wildman–Crippen MR) is 70.2 cm³/mol. The van der Waals surface area contributed by atoms with Gasteiger partial charge in [0.1, 0.15) is 5.01 Å². The minimum absolute atomic E-state index is 0.0652. The molecule has 1 amide bonds. The van der Waals surface area contributed by atoms with Crippen LogP contribution in [-0.4, -0.2) is 21.9 Å². The Morgan fingerprint density at radius 2 is 2.33 bits per heavy atom. The molecule has 0 unspecified atom stereocenters. The number of amides is 1. The first-order valence-electron chi connectivity index (χ1n) is 5.96. The number of hydrogen-bond donors (Lipinski definition) is 1. The number of hydrogen-bond acceptors (Lipinski definition) is 4. The second-order valence-corrected chi connectivity index (χ2v) is 5.24. The molecule has 1 aliphatic rings. The van der Waals surface area contributed by atoms with E-state index < -0.39 is 0 Å². The number of thiazole rings is 1. The van der Waals surface area contributed by atoms with Crippen molar-refractivity contribution in [3.05, 3.63) is 35.5 Å². The fraction of sp³-hybridized carbons (Fsp3) is 0.308. The van der Waals surface area contributed by atoms with Gasteiger partial charge in [0, 0.05) is 17.6 Å². The molecule has 2 heterocycles. The van der Waals surface area contributed by atoms with Crippen molar-refractivity contribution in [3.63, 3.8) is 0 Å². The third kappa shape index (κ3) is 2.73. The molecule has 0 bridgehead atoms. The topological polar surface area (TPSA) is 54.9 Å². The summed E-state index contributed by atoms with van der Waals surface area (Å²) in [5.41, 5.74) is 1.68. The summed E-state index contributed by atoms with van der Waals surface area (Å²) in [6, 6.07) is 6.14. The summed E-state index contributed by atoms with van der Waals surface area (Å²) >= 11 is 1.53. The van der Waals surface area contributed by atoms with Crippen molar-refractivity contribution in [2.75, 3.05) is 0 Å². The van der Waals surface area contributed by atoms with Crippen molar-refractivity contribution in [1.82, 2.24) is 15.3 Å². The Labute approximate surface area is 109 Å². The van der Waals surface area contributed by atoms with E-state index in [-0.39, 0.29) is 5.91 Å². The zero-order valence-corrected chi connectivity index (χ0v) is 10.6. The van der Waals surface area contributed by atoms with E-state index in [1.807, 2.05) is 23.6 Å². The maximum Gasteiger partial charge on any atom is 0.226 e. The monoisotopic (exact) mass is 259 g/mol. The molecule has 1 aliphatic carbocycles. The number of aromatic nitrogens is 2. The molecule has 0 aliphatic heterocycles. The Morgan fingerprint density at radius 1 is 1.44 bits per heavy atom. The lowest BCUT2D eigenvalue weighted by atomic mass is 10.3. The van der Waals surface area contributed by atoms with Crippen LogP contribution in [0.1, 0.15) is 18.5 Å². The molecule has 92 valence electrons. The second kappa shape index (κ2) is 4.86. The minimum Gasteiger partial charge on any atom is -0.353 e. The smallest absolute Gasteiger partial charge is 0.226 e. The van der Waals surface area contributed by atoms with Gasteiger partial charge in [-0.05, 0) is 25.0 Å². The van der Waals surface area contributed by atoms with E-state index in [9.17, 15) is 4.79 Å². The van der Waals surface area contributed by atoms with Crippen LogP contribution < -0.4 is 5.32 Å². The van der Waals surface area contributed by atoms with Gasteiger partial charge in [0.25, 0.3) is 0 Å². The average molecular weight is 259 g/mol. The third-order valence-electron chi connectivity index (χ3n) is 2.72. The van der Waals surface area contributed by atoms with E-state index in [2.05, 4.69) is 15.3 Å². The summed E-state index contributed by atoms with van der Waals surface area (Å²) in [6.45, 7) is 0. The lowest BCUT2D eigenvalue weighted by Gasteiger charge is -1.99. The normalized spacial score (nSPS) is 14.4. The molecule has 0 aromatic carbocycles. The van der Waals surface area contributed by atoms with Crippen LogP contribution >= 0.6 is 11.3 Å². The van der Waals surface area contributed by atoms with Crippen molar-refractivity contribution in [3.8, 4) is 10.7 Å². The molecule has 2 aromatic heterocycles. The van der Waals surface area contributed by atoms with E-state index in [4.69, 9.17) is 0 Å². The van der Waals surface area contributed by atoms with Gasteiger partial charge in [0.05, 0.1) is 17.8 Å². The van der Waals surface area contributed by atoms with Crippen molar-refractivity contribution in [2.24, 2.45) is 0 Å². The van der Waals surface area contributed by atoms with Crippen molar-refractivity contribution >= 4 is 17.2 Å². The molecule has 1 fully saturated rings. The molecule has 0 radical (unpaired) electrons. The summed E-state index contributed by atoms with van der Waals surface area (Å²) in [5, 5.41) is 5.75. The van der Waals surface area contributed by atoms with Gasteiger partial charge in [-0.2, -0.15) is 0 Å².